The fourth-order valence-electron chi connectivity index (χ4n) is 2.73. The SMILES string of the molecule is COc1cccc(/C=C(\C#N)C(=O)c2c[nH]c3ccccc23)c1OC(F)F. The molecule has 0 aliphatic heterocycles. The Kier molecular flexibility index (Phi) is 5.18. The average Bonchev–Trinajstić information content (AvgIpc) is 3.10. The van der Waals surface area contributed by atoms with Gasteiger partial charge in [0, 0.05) is 28.2 Å². The molecule has 0 bridgehead atoms. The van der Waals surface area contributed by atoms with Gasteiger partial charge >= 0.3 is 6.61 Å². The minimum absolute atomic E-state index is 0.0703. The lowest BCUT2D eigenvalue weighted by molar-refractivity contribution is -0.0513. The Labute approximate surface area is 153 Å². The van der Waals surface area contributed by atoms with E-state index in [2.05, 4.69) is 9.72 Å². The van der Waals surface area contributed by atoms with E-state index in [0.717, 1.165) is 5.52 Å². The highest BCUT2D eigenvalue weighted by Crippen LogP contribution is 2.34. The number of methoxy groups -OCH3 is 1. The summed E-state index contributed by atoms with van der Waals surface area (Å²) in [4.78, 5) is 15.8. The Morgan fingerprint density at radius 1 is 1.22 bits per heavy atom. The zero-order chi connectivity index (χ0) is 19.4. The van der Waals surface area contributed by atoms with Crippen molar-refractivity contribution in [1.29, 1.82) is 5.26 Å². The molecule has 1 heterocycles. The predicted octanol–water partition coefficient (Wildman–Crippen LogP) is 4.57. The summed E-state index contributed by atoms with van der Waals surface area (Å²) in [6, 6.07) is 13.4. The van der Waals surface area contributed by atoms with Crippen molar-refractivity contribution in [2.75, 3.05) is 7.11 Å². The normalized spacial score (nSPS) is 11.4. The van der Waals surface area contributed by atoms with Gasteiger partial charge in [-0.3, -0.25) is 4.79 Å². The first-order valence-corrected chi connectivity index (χ1v) is 7.89. The maximum Gasteiger partial charge on any atom is 0.387 e. The van der Waals surface area contributed by atoms with E-state index in [1.54, 1.807) is 24.3 Å². The molecule has 0 aliphatic carbocycles. The molecule has 5 nitrogen and oxygen atoms in total. The van der Waals surface area contributed by atoms with Gasteiger partial charge in [-0.2, -0.15) is 14.0 Å². The number of carbonyl (C=O) groups is 1. The third-order valence-corrected chi connectivity index (χ3v) is 3.94. The number of nitriles is 1. The smallest absolute Gasteiger partial charge is 0.387 e. The van der Waals surface area contributed by atoms with Crippen LogP contribution in [0.1, 0.15) is 15.9 Å². The van der Waals surface area contributed by atoms with Crippen molar-refractivity contribution in [3.05, 3.63) is 65.4 Å². The molecule has 3 aromatic rings. The summed E-state index contributed by atoms with van der Waals surface area (Å²) in [6.07, 6.45) is 2.73. The molecule has 27 heavy (non-hydrogen) atoms. The number of nitrogens with zero attached hydrogens (tertiary/aromatic N) is 1. The van der Waals surface area contributed by atoms with Crippen molar-refractivity contribution in [2.45, 2.75) is 6.61 Å². The number of carbonyl (C=O) groups excluding carboxylic acids is 1. The number of H-pyrrole nitrogens is 1. The standard InChI is InChI=1S/C20H14F2N2O3/c1-26-17-8-4-5-12(19(17)27-20(21)22)9-13(10-23)18(25)15-11-24-16-7-3-2-6-14(15)16/h2-9,11,20,24H,1H3/b13-9+. The third kappa shape index (κ3) is 3.65. The summed E-state index contributed by atoms with van der Waals surface area (Å²) in [6.45, 7) is -3.08. The molecule has 136 valence electrons. The van der Waals surface area contributed by atoms with Crippen molar-refractivity contribution < 1.29 is 23.0 Å². The molecule has 0 radical (unpaired) electrons. The van der Waals surface area contributed by atoms with Crippen LogP contribution in [0.4, 0.5) is 8.78 Å². The number of hydrogen-bond donors (Lipinski definition) is 1. The van der Waals surface area contributed by atoms with E-state index in [1.807, 2.05) is 12.1 Å². The number of allylic oxidation sites excluding steroid dienone is 1. The van der Waals surface area contributed by atoms with Gasteiger partial charge in [0.05, 0.1) is 7.11 Å². The van der Waals surface area contributed by atoms with Crippen LogP contribution in [0.5, 0.6) is 11.5 Å². The molecule has 0 spiro atoms. The van der Waals surface area contributed by atoms with E-state index in [9.17, 15) is 18.8 Å². The van der Waals surface area contributed by atoms with Crippen molar-refractivity contribution in [3.63, 3.8) is 0 Å². The molecule has 7 heteroatoms. The minimum atomic E-state index is -3.08. The molecular weight excluding hydrogens is 354 g/mol. The quantitative estimate of drug-likeness (QED) is 0.393. The Morgan fingerprint density at radius 2 is 2.00 bits per heavy atom. The van der Waals surface area contributed by atoms with Crippen LogP contribution in [0.2, 0.25) is 0 Å². The van der Waals surface area contributed by atoms with Crippen LogP contribution in [0.3, 0.4) is 0 Å². The molecule has 0 amide bonds. The van der Waals surface area contributed by atoms with Crippen molar-refractivity contribution in [3.8, 4) is 17.6 Å². The van der Waals surface area contributed by atoms with Crippen molar-refractivity contribution >= 4 is 22.8 Å². The molecule has 0 unspecified atom stereocenters. The molecule has 3 rings (SSSR count). The second kappa shape index (κ2) is 7.70. The lowest BCUT2D eigenvalue weighted by Gasteiger charge is -2.12. The lowest BCUT2D eigenvalue weighted by Crippen LogP contribution is -2.06. The number of rotatable bonds is 6. The van der Waals surface area contributed by atoms with Gasteiger partial charge in [0.15, 0.2) is 11.5 Å². The molecule has 1 aromatic heterocycles. The van der Waals surface area contributed by atoms with Gasteiger partial charge < -0.3 is 14.5 Å². The number of fused-ring (bicyclic) bond motifs is 1. The number of nitrogens with one attached hydrogen (secondary N) is 1. The second-order valence-electron chi connectivity index (χ2n) is 5.50. The number of hydrogen-bond acceptors (Lipinski definition) is 4. The number of halogens is 2. The van der Waals surface area contributed by atoms with Crippen LogP contribution >= 0.6 is 0 Å². The first-order chi connectivity index (χ1) is 13.0. The molecule has 0 aliphatic rings. The van der Waals surface area contributed by atoms with Crippen molar-refractivity contribution in [2.24, 2.45) is 0 Å². The van der Waals surface area contributed by atoms with Crippen LogP contribution in [0.15, 0.2) is 54.2 Å². The summed E-state index contributed by atoms with van der Waals surface area (Å²) >= 11 is 0. The number of ketones is 1. The Bertz CT molecular complexity index is 1060. The van der Waals surface area contributed by atoms with E-state index in [0.29, 0.717) is 10.9 Å². The van der Waals surface area contributed by atoms with Crippen LogP contribution in [-0.2, 0) is 0 Å². The number of Topliss-reactive ketones (excluding diaryl/α,β-unsaturated/α-hetero) is 1. The Balaban J connectivity index is 2.07. The van der Waals surface area contributed by atoms with Gasteiger partial charge in [-0.05, 0) is 18.2 Å². The first-order valence-electron chi connectivity index (χ1n) is 7.89. The zero-order valence-electron chi connectivity index (χ0n) is 14.2. The summed E-state index contributed by atoms with van der Waals surface area (Å²) < 4.78 is 35.1. The van der Waals surface area contributed by atoms with E-state index in [1.165, 1.54) is 31.5 Å². The van der Waals surface area contributed by atoms with E-state index in [-0.39, 0.29) is 22.6 Å². The number of para-hydroxylation sites is 2. The van der Waals surface area contributed by atoms with E-state index in [4.69, 9.17) is 4.74 Å². The fraction of sp³-hybridized carbons (Fsp3) is 0.100. The van der Waals surface area contributed by atoms with Gasteiger partial charge in [-0.15, -0.1) is 0 Å². The molecule has 2 aromatic carbocycles. The van der Waals surface area contributed by atoms with Crippen LogP contribution < -0.4 is 9.47 Å². The minimum Gasteiger partial charge on any atom is -0.493 e. The molecule has 0 atom stereocenters. The second-order valence-corrected chi connectivity index (χ2v) is 5.50. The van der Waals surface area contributed by atoms with E-state index < -0.39 is 12.4 Å². The van der Waals surface area contributed by atoms with Gasteiger partial charge in [0.1, 0.15) is 11.6 Å². The first kappa shape index (κ1) is 18.1. The maximum absolute atomic E-state index is 12.8. The number of aromatic nitrogens is 1. The topological polar surface area (TPSA) is 75.1 Å². The van der Waals surface area contributed by atoms with Crippen molar-refractivity contribution in [1.82, 2.24) is 4.98 Å². The highest BCUT2D eigenvalue weighted by molar-refractivity contribution is 6.19. The lowest BCUT2D eigenvalue weighted by atomic mass is 10.0. The van der Waals surface area contributed by atoms with Gasteiger partial charge in [0.25, 0.3) is 0 Å². The van der Waals surface area contributed by atoms with Gasteiger partial charge in [0.2, 0.25) is 5.78 Å². The molecule has 0 fully saturated rings. The summed E-state index contributed by atoms with van der Waals surface area (Å²) in [5, 5.41) is 10.1. The average molecular weight is 368 g/mol. The maximum atomic E-state index is 12.8. The molecular formula is C20H14F2N2O3. The monoisotopic (exact) mass is 368 g/mol. The Morgan fingerprint density at radius 3 is 2.70 bits per heavy atom. The van der Waals surface area contributed by atoms with Crippen LogP contribution in [0.25, 0.3) is 17.0 Å². The number of aromatic amines is 1. The van der Waals surface area contributed by atoms with Crippen LogP contribution in [-0.4, -0.2) is 24.5 Å². The van der Waals surface area contributed by atoms with Gasteiger partial charge in [-0.25, -0.2) is 0 Å². The summed E-state index contributed by atoms with van der Waals surface area (Å²) in [5.41, 5.74) is 0.991. The van der Waals surface area contributed by atoms with Crippen LogP contribution in [0, 0.1) is 11.3 Å². The largest absolute Gasteiger partial charge is 0.493 e. The molecule has 0 saturated heterocycles. The Hall–Kier alpha value is -3.66. The third-order valence-electron chi connectivity index (χ3n) is 3.94. The molecule has 0 saturated carbocycles. The van der Waals surface area contributed by atoms with Gasteiger partial charge in [-0.1, -0.05) is 30.3 Å². The predicted molar refractivity (Wildman–Crippen MR) is 95.8 cm³/mol. The highest BCUT2D eigenvalue weighted by Gasteiger charge is 2.19. The number of ether oxygens (including phenoxy) is 2. The number of benzene rings is 2. The fourth-order valence-corrected chi connectivity index (χ4v) is 2.73. The van der Waals surface area contributed by atoms with E-state index >= 15 is 0 Å². The summed E-state index contributed by atoms with van der Waals surface area (Å²) in [5.74, 6) is -0.698. The zero-order valence-corrected chi connectivity index (χ0v) is 14.2. The molecule has 1 N–H and O–H groups in total. The summed E-state index contributed by atoms with van der Waals surface area (Å²) in [7, 11) is 1.31. The highest BCUT2D eigenvalue weighted by atomic mass is 19.3. The number of alkyl halides is 2.